The van der Waals surface area contributed by atoms with E-state index >= 15 is 0 Å². The first kappa shape index (κ1) is 19.0. The summed E-state index contributed by atoms with van der Waals surface area (Å²) in [7, 11) is 0. The molecule has 3 aromatic carbocycles. The smallest absolute Gasteiger partial charge is 0.142 e. The summed E-state index contributed by atoms with van der Waals surface area (Å²) >= 11 is 12.3. The molecule has 3 aromatic rings. The summed E-state index contributed by atoms with van der Waals surface area (Å²) in [6.45, 7) is 2.56. The van der Waals surface area contributed by atoms with E-state index < -0.39 is 0 Å². The second-order valence-corrected chi connectivity index (χ2v) is 8.01. The number of nitrogens with zero attached hydrogens (tertiary/aromatic N) is 1. The van der Waals surface area contributed by atoms with Crippen LogP contribution in [0.2, 0.25) is 10.0 Å². The molecule has 0 heterocycles. The van der Waals surface area contributed by atoms with Crippen molar-refractivity contribution in [1.29, 1.82) is 0 Å². The van der Waals surface area contributed by atoms with Crippen molar-refractivity contribution in [2.45, 2.75) is 26.4 Å². The van der Waals surface area contributed by atoms with Crippen LogP contribution in [-0.2, 0) is 11.4 Å². The van der Waals surface area contributed by atoms with E-state index in [9.17, 15) is 0 Å². The Hall–Kier alpha value is -2.29. The fraction of sp³-hybridized carbons (Fsp3) is 0.208. The quantitative estimate of drug-likeness (QED) is 0.309. The molecule has 2 nitrogen and oxygen atoms in total. The maximum atomic E-state index is 6.17. The van der Waals surface area contributed by atoms with Crippen LogP contribution in [0.15, 0.2) is 71.9 Å². The van der Waals surface area contributed by atoms with Crippen molar-refractivity contribution in [1.82, 2.24) is 0 Å². The average Bonchev–Trinajstić information content (AvgIpc) is 3.51. The van der Waals surface area contributed by atoms with Crippen LogP contribution < -0.4 is 0 Å². The highest BCUT2D eigenvalue weighted by Crippen LogP contribution is 2.35. The molecule has 1 aliphatic carbocycles. The second kappa shape index (κ2) is 8.38. The third kappa shape index (κ3) is 4.40. The minimum Gasteiger partial charge on any atom is -0.391 e. The van der Waals surface area contributed by atoms with Gasteiger partial charge in [-0.15, -0.1) is 0 Å². The van der Waals surface area contributed by atoms with Crippen molar-refractivity contribution >= 4 is 28.9 Å². The zero-order chi connectivity index (χ0) is 19.5. The van der Waals surface area contributed by atoms with E-state index in [2.05, 4.69) is 54.5 Å². The minimum absolute atomic E-state index is 0.422. The second-order valence-electron chi connectivity index (χ2n) is 7.14. The van der Waals surface area contributed by atoms with Crippen LogP contribution in [0.3, 0.4) is 0 Å². The summed E-state index contributed by atoms with van der Waals surface area (Å²) < 4.78 is 0. The summed E-state index contributed by atoms with van der Waals surface area (Å²) in [6.07, 6.45) is 2.24. The summed E-state index contributed by atoms with van der Waals surface area (Å²) in [4.78, 5) is 5.79. The minimum atomic E-state index is 0.422. The van der Waals surface area contributed by atoms with Crippen molar-refractivity contribution in [2.24, 2.45) is 11.1 Å². The van der Waals surface area contributed by atoms with Gasteiger partial charge in [0.15, 0.2) is 0 Å². The fourth-order valence-electron chi connectivity index (χ4n) is 3.36. The van der Waals surface area contributed by atoms with E-state index in [0.29, 0.717) is 22.6 Å². The molecule has 0 unspecified atom stereocenters. The van der Waals surface area contributed by atoms with Crippen LogP contribution in [0.5, 0.6) is 0 Å². The monoisotopic (exact) mass is 409 g/mol. The van der Waals surface area contributed by atoms with E-state index in [1.165, 1.54) is 16.7 Å². The molecule has 28 heavy (non-hydrogen) atoms. The molecule has 0 N–H and O–H groups in total. The molecule has 0 aliphatic heterocycles. The normalized spacial score (nSPS) is 14.2. The Balaban J connectivity index is 1.55. The highest BCUT2D eigenvalue weighted by molar-refractivity contribution is 6.35. The Labute approximate surface area is 175 Å². The SMILES string of the molecule is Cc1c(CO/N=C(\c2cc(Cl)cc(Cl)c2)C2CC2)cccc1-c1ccccc1. The molecule has 0 amide bonds. The van der Waals surface area contributed by atoms with E-state index in [0.717, 1.165) is 29.7 Å². The summed E-state index contributed by atoms with van der Waals surface area (Å²) in [5.74, 6) is 0.422. The van der Waals surface area contributed by atoms with Crippen LogP contribution in [0.1, 0.15) is 29.5 Å². The van der Waals surface area contributed by atoms with E-state index in [4.69, 9.17) is 28.0 Å². The van der Waals surface area contributed by atoms with Crippen molar-refractivity contribution in [3.05, 3.63) is 93.5 Å². The molecule has 0 spiro atoms. The molecule has 1 saturated carbocycles. The standard InChI is InChI=1S/C24H21Cl2NO/c1-16-19(8-5-9-23(16)17-6-3-2-4-7-17)15-28-27-24(18-10-11-18)20-12-21(25)14-22(26)13-20/h2-9,12-14,18H,10-11,15H2,1H3/b27-24-. The van der Waals surface area contributed by atoms with Gasteiger partial charge in [0, 0.05) is 21.5 Å². The molecule has 142 valence electrons. The van der Waals surface area contributed by atoms with Crippen LogP contribution in [0, 0.1) is 12.8 Å². The van der Waals surface area contributed by atoms with Gasteiger partial charge in [0.1, 0.15) is 6.61 Å². The average molecular weight is 410 g/mol. The van der Waals surface area contributed by atoms with Gasteiger partial charge >= 0.3 is 0 Å². The summed E-state index contributed by atoms with van der Waals surface area (Å²) in [5.41, 5.74) is 6.63. The van der Waals surface area contributed by atoms with Crippen LogP contribution >= 0.6 is 23.2 Å². The first-order valence-electron chi connectivity index (χ1n) is 9.42. The van der Waals surface area contributed by atoms with Gasteiger partial charge < -0.3 is 4.84 Å². The lowest BCUT2D eigenvalue weighted by Gasteiger charge is -2.12. The first-order chi connectivity index (χ1) is 13.6. The Bertz CT molecular complexity index is 990. The van der Waals surface area contributed by atoms with Gasteiger partial charge in [-0.3, -0.25) is 0 Å². The molecule has 1 fully saturated rings. The lowest BCUT2D eigenvalue weighted by Crippen LogP contribution is -2.05. The maximum Gasteiger partial charge on any atom is 0.142 e. The predicted molar refractivity (Wildman–Crippen MR) is 117 cm³/mol. The molecule has 0 bridgehead atoms. The lowest BCUT2D eigenvalue weighted by molar-refractivity contribution is 0.129. The Morgan fingerprint density at radius 3 is 2.36 bits per heavy atom. The highest BCUT2D eigenvalue weighted by Gasteiger charge is 2.29. The maximum absolute atomic E-state index is 6.17. The molecule has 1 aliphatic rings. The molecule has 0 radical (unpaired) electrons. The van der Waals surface area contributed by atoms with E-state index in [1.807, 2.05) is 18.2 Å². The summed E-state index contributed by atoms with van der Waals surface area (Å²) in [6, 6.07) is 22.2. The Morgan fingerprint density at radius 1 is 0.964 bits per heavy atom. The zero-order valence-electron chi connectivity index (χ0n) is 15.7. The van der Waals surface area contributed by atoms with Crippen LogP contribution in [0.25, 0.3) is 11.1 Å². The van der Waals surface area contributed by atoms with Crippen molar-refractivity contribution in [3.63, 3.8) is 0 Å². The number of benzene rings is 3. The predicted octanol–water partition coefficient (Wildman–Crippen LogP) is 7.30. The molecular weight excluding hydrogens is 389 g/mol. The van der Waals surface area contributed by atoms with Crippen molar-refractivity contribution < 1.29 is 4.84 Å². The Kier molecular flexibility index (Phi) is 5.70. The van der Waals surface area contributed by atoms with Crippen molar-refractivity contribution in [2.75, 3.05) is 0 Å². The van der Waals surface area contributed by atoms with Gasteiger partial charge in [0.05, 0.1) is 5.71 Å². The molecule has 0 saturated heterocycles. The van der Waals surface area contributed by atoms with Crippen LogP contribution in [0.4, 0.5) is 0 Å². The molecule has 4 rings (SSSR count). The first-order valence-corrected chi connectivity index (χ1v) is 10.2. The van der Waals surface area contributed by atoms with Gasteiger partial charge in [-0.1, -0.05) is 76.9 Å². The number of halogens is 2. The lowest BCUT2D eigenvalue weighted by atomic mass is 9.97. The van der Waals surface area contributed by atoms with Gasteiger partial charge in [-0.25, -0.2) is 0 Å². The van der Waals surface area contributed by atoms with E-state index in [-0.39, 0.29) is 0 Å². The highest BCUT2D eigenvalue weighted by atomic mass is 35.5. The van der Waals surface area contributed by atoms with Gasteiger partial charge in [0.25, 0.3) is 0 Å². The van der Waals surface area contributed by atoms with E-state index in [1.54, 1.807) is 6.07 Å². The molecular formula is C24H21Cl2NO. The van der Waals surface area contributed by atoms with Crippen LogP contribution in [-0.4, -0.2) is 5.71 Å². The van der Waals surface area contributed by atoms with Gasteiger partial charge in [0.2, 0.25) is 0 Å². The van der Waals surface area contributed by atoms with Crippen molar-refractivity contribution in [3.8, 4) is 11.1 Å². The Morgan fingerprint density at radius 2 is 1.68 bits per heavy atom. The van der Waals surface area contributed by atoms with Gasteiger partial charge in [-0.05, 0) is 60.2 Å². The molecule has 0 aromatic heterocycles. The number of oxime groups is 1. The third-order valence-electron chi connectivity index (χ3n) is 5.04. The fourth-order valence-corrected chi connectivity index (χ4v) is 3.89. The topological polar surface area (TPSA) is 21.6 Å². The zero-order valence-corrected chi connectivity index (χ0v) is 17.2. The molecule has 4 heteroatoms. The van der Waals surface area contributed by atoms with Gasteiger partial charge in [-0.2, -0.15) is 0 Å². The number of hydrogen-bond donors (Lipinski definition) is 0. The number of hydrogen-bond acceptors (Lipinski definition) is 2. The summed E-state index contributed by atoms with van der Waals surface area (Å²) in [5, 5.41) is 5.70. The number of rotatable bonds is 6. The third-order valence-corrected chi connectivity index (χ3v) is 5.47. The largest absolute Gasteiger partial charge is 0.391 e. The molecule has 0 atom stereocenters.